The van der Waals surface area contributed by atoms with Crippen LogP contribution in [0.1, 0.15) is 57.4 Å². The van der Waals surface area contributed by atoms with Crippen LogP contribution >= 0.6 is 11.3 Å². The highest BCUT2D eigenvalue weighted by Crippen LogP contribution is 2.38. The van der Waals surface area contributed by atoms with Gasteiger partial charge in [0, 0.05) is 23.5 Å². The van der Waals surface area contributed by atoms with Crippen molar-refractivity contribution in [3.8, 4) is 0 Å². The van der Waals surface area contributed by atoms with Crippen molar-refractivity contribution in [3.63, 3.8) is 0 Å². The molecule has 0 spiro atoms. The molecule has 0 saturated heterocycles. The molecule has 1 aliphatic heterocycles. The van der Waals surface area contributed by atoms with E-state index >= 15 is 0 Å². The lowest BCUT2D eigenvalue weighted by Crippen LogP contribution is -2.47. The van der Waals surface area contributed by atoms with Gasteiger partial charge in [-0.15, -0.1) is 11.3 Å². The average molecular weight is 461 g/mol. The van der Waals surface area contributed by atoms with Gasteiger partial charge < -0.3 is 9.80 Å². The maximum atomic E-state index is 13.7. The quantitative estimate of drug-likeness (QED) is 0.478. The van der Waals surface area contributed by atoms with Gasteiger partial charge in [-0.2, -0.15) is 0 Å². The van der Waals surface area contributed by atoms with E-state index in [2.05, 4.69) is 56.5 Å². The van der Waals surface area contributed by atoms with Gasteiger partial charge in [-0.3, -0.25) is 9.59 Å². The molecule has 0 radical (unpaired) electrons. The van der Waals surface area contributed by atoms with Crippen molar-refractivity contribution in [1.29, 1.82) is 0 Å². The van der Waals surface area contributed by atoms with E-state index in [1.165, 1.54) is 16.0 Å². The fourth-order valence-electron chi connectivity index (χ4n) is 4.49. The summed E-state index contributed by atoms with van der Waals surface area (Å²) in [6.45, 7) is 9.53. The Morgan fingerprint density at radius 2 is 1.64 bits per heavy atom. The van der Waals surface area contributed by atoms with Crippen LogP contribution in [-0.2, 0) is 11.2 Å². The molecule has 1 aliphatic rings. The molecule has 172 valence electrons. The zero-order valence-corrected chi connectivity index (χ0v) is 20.7. The highest BCUT2D eigenvalue weighted by Gasteiger charge is 2.34. The summed E-state index contributed by atoms with van der Waals surface area (Å²) in [6.07, 6.45) is 0.858. The fraction of sp³-hybridized carbons (Fsp3) is 0.357. The van der Waals surface area contributed by atoms with Crippen molar-refractivity contribution in [2.45, 2.75) is 40.2 Å². The molecule has 1 aromatic heterocycles. The van der Waals surface area contributed by atoms with Crippen molar-refractivity contribution in [1.82, 2.24) is 9.80 Å². The third-order valence-corrected chi connectivity index (χ3v) is 7.17. The molecule has 1 atom stereocenters. The number of fused-ring (bicyclic) bond motifs is 1. The summed E-state index contributed by atoms with van der Waals surface area (Å²) in [5.74, 6) is 0.181. The Hall–Kier alpha value is -2.92. The van der Waals surface area contributed by atoms with Crippen LogP contribution in [0.5, 0.6) is 0 Å². The molecule has 2 amide bonds. The molecule has 4 rings (SSSR count). The second-order valence-corrected chi connectivity index (χ2v) is 10.4. The second-order valence-electron chi connectivity index (χ2n) is 9.40. The third kappa shape index (κ3) is 5.19. The van der Waals surface area contributed by atoms with Gasteiger partial charge >= 0.3 is 0 Å². The number of nitrogens with zero attached hydrogens (tertiary/aromatic N) is 2. The van der Waals surface area contributed by atoms with E-state index in [1.54, 1.807) is 16.2 Å². The lowest BCUT2D eigenvalue weighted by atomic mass is 9.92. The molecule has 0 fully saturated rings. The number of carbonyl (C=O) groups is 2. The lowest BCUT2D eigenvalue weighted by molar-refractivity contribution is -0.134. The second kappa shape index (κ2) is 9.92. The third-order valence-electron chi connectivity index (χ3n) is 6.18. The number of benzene rings is 2. The SMILES string of the molecule is Cc1ccc(C(=O)N(CC(=O)N2CCc3sccc3C2c2ccc(C)cc2)CC(C)C)cc1. The highest BCUT2D eigenvalue weighted by atomic mass is 32.1. The van der Waals surface area contributed by atoms with E-state index < -0.39 is 0 Å². The van der Waals surface area contributed by atoms with E-state index in [0.717, 1.165) is 17.5 Å². The zero-order valence-electron chi connectivity index (χ0n) is 19.9. The van der Waals surface area contributed by atoms with Crippen LogP contribution in [0.4, 0.5) is 0 Å². The lowest BCUT2D eigenvalue weighted by Gasteiger charge is -2.38. The van der Waals surface area contributed by atoms with E-state index in [-0.39, 0.29) is 30.3 Å². The van der Waals surface area contributed by atoms with Gasteiger partial charge in [0.15, 0.2) is 0 Å². The van der Waals surface area contributed by atoms with Crippen LogP contribution < -0.4 is 0 Å². The first-order valence-electron chi connectivity index (χ1n) is 11.6. The molecular weight excluding hydrogens is 428 g/mol. The Labute approximate surface area is 200 Å². The molecule has 2 aromatic carbocycles. The molecule has 5 heteroatoms. The average Bonchev–Trinajstić information content (AvgIpc) is 3.27. The molecule has 4 nitrogen and oxygen atoms in total. The largest absolute Gasteiger partial charge is 0.330 e. The molecule has 0 bridgehead atoms. The van der Waals surface area contributed by atoms with Crippen LogP contribution in [0, 0.1) is 19.8 Å². The highest BCUT2D eigenvalue weighted by molar-refractivity contribution is 7.10. The van der Waals surface area contributed by atoms with Gasteiger partial charge in [0.1, 0.15) is 6.54 Å². The molecule has 1 unspecified atom stereocenters. The van der Waals surface area contributed by atoms with Crippen molar-refractivity contribution >= 4 is 23.2 Å². The zero-order chi connectivity index (χ0) is 23.5. The Kier molecular flexibility index (Phi) is 6.99. The van der Waals surface area contributed by atoms with Gasteiger partial charge in [-0.25, -0.2) is 0 Å². The monoisotopic (exact) mass is 460 g/mol. The Bertz CT molecular complexity index is 1120. The van der Waals surface area contributed by atoms with Gasteiger partial charge in [0.05, 0.1) is 6.04 Å². The van der Waals surface area contributed by atoms with Gasteiger partial charge in [0.2, 0.25) is 5.91 Å². The molecule has 3 aromatic rings. The predicted molar refractivity (Wildman–Crippen MR) is 135 cm³/mol. The number of hydrogen-bond acceptors (Lipinski definition) is 3. The molecule has 0 N–H and O–H groups in total. The van der Waals surface area contributed by atoms with E-state index in [4.69, 9.17) is 0 Å². The first-order valence-corrected chi connectivity index (χ1v) is 12.5. The van der Waals surface area contributed by atoms with Crippen LogP contribution in [0.3, 0.4) is 0 Å². The minimum Gasteiger partial charge on any atom is -0.330 e. The van der Waals surface area contributed by atoms with E-state index in [0.29, 0.717) is 18.7 Å². The maximum absolute atomic E-state index is 13.7. The standard InChI is InChI=1S/C28H32N2O2S/c1-19(2)17-29(28(32)23-11-7-21(4)8-12-23)18-26(31)30-15-13-25-24(14-16-33-25)27(30)22-9-5-20(3)6-10-22/h5-12,14,16,19,27H,13,15,17-18H2,1-4H3. The van der Waals surface area contributed by atoms with Crippen molar-refractivity contribution in [2.75, 3.05) is 19.6 Å². The number of thiophene rings is 1. The number of rotatable bonds is 6. The molecule has 33 heavy (non-hydrogen) atoms. The van der Waals surface area contributed by atoms with Crippen LogP contribution in [0.2, 0.25) is 0 Å². The summed E-state index contributed by atoms with van der Waals surface area (Å²) in [4.78, 5) is 32.0. The van der Waals surface area contributed by atoms with Crippen molar-refractivity contribution in [2.24, 2.45) is 5.92 Å². The van der Waals surface area contributed by atoms with Gasteiger partial charge in [-0.05, 0) is 60.9 Å². The molecule has 2 heterocycles. The first-order chi connectivity index (χ1) is 15.8. The number of hydrogen-bond donors (Lipinski definition) is 0. The first kappa shape index (κ1) is 23.2. The Balaban J connectivity index is 1.61. The predicted octanol–water partition coefficient (Wildman–Crippen LogP) is 5.64. The maximum Gasteiger partial charge on any atom is 0.254 e. The summed E-state index contributed by atoms with van der Waals surface area (Å²) in [6, 6.07) is 18.1. The van der Waals surface area contributed by atoms with Crippen LogP contribution in [0.15, 0.2) is 60.0 Å². The molecule has 0 saturated carbocycles. The minimum atomic E-state index is -0.108. The summed E-state index contributed by atoms with van der Waals surface area (Å²) in [7, 11) is 0. The van der Waals surface area contributed by atoms with E-state index in [1.807, 2.05) is 36.1 Å². The smallest absolute Gasteiger partial charge is 0.254 e. The Morgan fingerprint density at radius 1 is 1.00 bits per heavy atom. The minimum absolute atomic E-state index is 0.00135. The van der Waals surface area contributed by atoms with Crippen molar-refractivity contribution in [3.05, 3.63) is 92.7 Å². The van der Waals surface area contributed by atoms with Crippen LogP contribution in [-0.4, -0.2) is 41.2 Å². The number of carbonyl (C=O) groups excluding carboxylic acids is 2. The Morgan fingerprint density at radius 3 is 2.27 bits per heavy atom. The van der Waals surface area contributed by atoms with Gasteiger partial charge in [0.25, 0.3) is 5.91 Å². The summed E-state index contributed by atoms with van der Waals surface area (Å²) < 4.78 is 0. The van der Waals surface area contributed by atoms with E-state index in [9.17, 15) is 9.59 Å². The summed E-state index contributed by atoms with van der Waals surface area (Å²) >= 11 is 1.76. The van der Waals surface area contributed by atoms with Crippen LogP contribution in [0.25, 0.3) is 0 Å². The number of amides is 2. The molecular formula is C28H32N2O2S. The normalized spacial score (nSPS) is 15.4. The van der Waals surface area contributed by atoms with Gasteiger partial charge in [-0.1, -0.05) is 61.4 Å². The molecule has 0 aliphatic carbocycles. The number of aryl methyl sites for hydroxylation is 2. The summed E-state index contributed by atoms with van der Waals surface area (Å²) in [5.41, 5.74) is 5.27. The topological polar surface area (TPSA) is 40.6 Å². The van der Waals surface area contributed by atoms with Crippen molar-refractivity contribution < 1.29 is 9.59 Å². The fourth-order valence-corrected chi connectivity index (χ4v) is 5.39. The summed E-state index contributed by atoms with van der Waals surface area (Å²) in [5, 5.41) is 2.12.